The Morgan fingerprint density at radius 2 is 2.00 bits per heavy atom. The summed E-state index contributed by atoms with van der Waals surface area (Å²) >= 11 is 0. The number of hydrogen-bond donors (Lipinski definition) is 1. The zero-order chi connectivity index (χ0) is 7.98. The summed E-state index contributed by atoms with van der Waals surface area (Å²) in [6, 6.07) is 0. The summed E-state index contributed by atoms with van der Waals surface area (Å²) in [5, 5.41) is 1.74. The van der Waals surface area contributed by atoms with Gasteiger partial charge in [-0.2, -0.15) is 0 Å². The number of nitrogens with zero attached hydrogens (tertiary/aromatic N) is 2. The monoisotopic (exact) mass is 143 g/mol. The maximum Gasteiger partial charge on any atom is 0.0307 e. The number of nitrogens with two attached hydrogens (primary N) is 1. The number of hydrazine groups is 1. The highest BCUT2D eigenvalue weighted by atomic mass is 15.4. The summed E-state index contributed by atoms with van der Waals surface area (Å²) in [5.74, 6) is 5.57. The molecule has 0 saturated heterocycles. The molecule has 0 unspecified atom stereocenters. The van der Waals surface area contributed by atoms with Crippen LogP contribution in [0.5, 0.6) is 0 Å². The second-order valence-corrected chi connectivity index (χ2v) is 2.59. The van der Waals surface area contributed by atoms with Crippen LogP contribution in [-0.4, -0.2) is 43.6 Å². The molecule has 0 fully saturated rings. The molecule has 3 nitrogen and oxygen atoms in total. The van der Waals surface area contributed by atoms with Gasteiger partial charge in [0, 0.05) is 19.6 Å². The van der Waals surface area contributed by atoms with Crippen LogP contribution in [0.4, 0.5) is 0 Å². The SMILES string of the molecule is C=CCN(N)CCN(C)C. The first-order chi connectivity index (χ1) is 4.66. The third-order valence-corrected chi connectivity index (χ3v) is 1.20. The summed E-state index contributed by atoms with van der Waals surface area (Å²) in [5.41, 5.74) is 0. The van der Waals surface area contributed by atoms with Gasteiger partial charge in [-0.1, -0.05) is 6.08 Å². The summed E-state index contributed by atoms with van der Waals surface area (Å²) < 4.78 is 0. The Balaban J connectivity index is 3.20. The Hall–Kier alpha value is -0.380. The van der Waals surface area contributed by atoms with Crippen LogP contribution in [0.25, 0.3) is 0 Å². The molecule has 0 aliphatic rings. The number of likely N-dealkylation sites (N-methyl/N-ethyl adjacent to an activating group) is 1. The second-order valence-electron chi connectivity index (χ2n) is 2.59. The smallest absolute Gasteiger partial charge is 0.0307 e. The van der Waals surface area contributed by atoms with Gasteiger partial charge in [-0.25, -0.2) is 5.01 Å². The predicted octanol–water partition coefficient (Wildman–Crippen LogP) is -0.0903. The van der Waals surface area contributed by atoms with Crippen molar-refractivity contribution in [3.63, 3.8) is 0 Å². The zero-order valence-electron chi connectivity index (χ0n) is 6.88. The van der Waals surface area contributed by atoms with E-state index in [-0.39, 0.29) is 0 Å². The first-order valence-electron chi connectivity index (χ1n) is 3.42. The third kappa shape index (κ3) is 5.75. The van der Waals surface area contributed by atoms with Gasteiger partial charge in [0.15, 0.2) is 0 Å². The molecule has 0 aromatic carbocycles. The first kappa shape index (κ1) is 9.62. The van der Waals surface area contributed by atoms with E-state index in [1.165, 1.54) is 0 Å². The minimum absolute atomic E-state index is 0.758. The third-order valence-electron chi connectivity index (χ3n) is 1.20. The van der Waals surface area contributed by atoms with E-state index in [2.05, 4.69) is 11.5 Å². The van der Waals surface area contributed by atoms with Crippen molar-refractivity contribution >= 4 is 0 Å². The molecule has 0 bridgehead atoms. The normalized spacial score (nSPS) is 10.9. The van der Waals surface area contributed by atoms with E-state index in [0.717, 1.165) is 19.6 Å². The molecule has 0 rings (SSSR count). The van der Waals surface area contributed by atoms with Crippen LogP contribution in [0.15, 0.2) is 12.7 Å². The molecule has 0 aromatic rings. The van der Waals surface area contributed by atoms with Gasteiger partial charge in [-0.3, -0.25) is 5.84 Å². The highest BCUT2D eigenvalue weighted by Gasteiger charge is 1.95. The maximum absolute atomic E-state index is 5.57. The predicted molar refractivity (Wildman–Crippen MR) is 44.5 cm³/mol. The molecule has 0 atom stereocenters. The highest BCUT2D eigenvalue weighted by molar-refractivity contribution is 4.70. The average molecular weight is 143 g/mol. The highest BCUT2D eigenvalue weighted by Crippen LogP contribution is 1.79. The molecule has 0 aliphatic carbocycles. The molecule has 0 radical (unpaired) electrons. The maximum atomic E-state index is 5.57. The minimum Gasteiger partial charge on any atom is -0.308 e. The van der Waals surface area contributed by atoms with Gasteiger partial charge in [0.1, 0.15) is 0 Å². The Bertz CT molecular complexity index is 90.9. The average Bonchev–Trinajstić information content (AvgIpc) is 1.85. The molecule has 0 aromatic heterocycles. The van der Waals surface area contributed by atoms with Crippen molar-refractivity contribution in [2.75, 3.05) is 33.7 Å². The van der Waals surface area contributed by atoms with Gasteiger partial charge in [0.2, 0.25) is 0 Å². The van der Waals surface area contributed by atoms with Gasteiger partial charge in [0.05, 0.1) is 0 Å². The van der Waals surface area contributed by atoms with E-state index in [4.69, 9.17) is 5.84 Å². The molecule has 10 heavy (non-hydrogen) atoms. The van der Waals surface area contributed by atoms with Crippen molar-refractivity contribution in [2.45, 2.75) is 0 Å². The summed E-state index contributed by atoms with van der Waals surface area (Å²) in [6.07, 6.45) is 1.80. The van der Waals surface area contributed by atoms with Crippen molar-refractivity contribution in [3.05, 3.63) is 12.7 Å². The summed E-state index contributed by atoms with van der Waals surface area (Å²) in [4.78, 5) is 2.10. The Morgan fingerprint density at radius 1 is 1.40 bits per heavy atom. The van der Waals surface area contributed by atoms with Gasteiger partial charge in [-0.15, -0.1) is 6.58 Å². The lowest BCUT2D eigenvalue weighted by Gasteiger charge is -2.16. The van der Waals surface area contributed by atoms with Gasteiger partial charge in [0.25, 0.3) is 0 Å². The van der Waals surface area contributed by atoms with Crippen LogP contribution in [0.1, 0.15) is 0 Å². The van der Waals surface area contributed by atoms with Crippen LogP contribution in [0.2, 0.25) is 0 Å². The van der Waals surface area contributed by atoms with Crippen LogP contribution in [-0.2, 0) is 0 Å². The lowest BCUT2D eigenvalue weighted by atomic mass is 10.5. The molecule has 0 amide bonds. The van der Waals surface area contributed by atoms with Crippen LogP contribution in [0.3, 0.4) is 0 Å². The van der Waals surface area contributed by atoms with Gasteiger partial charge < -0.3 is 4.90 Å². The molecule has 0 spiro atoms. The van der Waals surface area contributed by atoms with E-state index in [9.17, 15) is 0 Å². The Labute approximate surface area is 63.1 Å². The van der Waals surface area contributed by atoms with Crippen LogP contribution in [0, 0.1) is 0 Å². The van der Waals surface area contributed by atoms with E-state index in [0.29, 0.717) is 0 Å². The quantitative estimate of drug-likeness (QED) is 0.332. The van der Waals surface area contributed by atoms with Crippen LogP contribution >= 0.6 is 0 Å². The van der Waals surface area contributed by atoms with E-state index in [1.807, 2.05) is 14.1 Å². The van der Waals surface area contributed by atoms with Crippen molar-refractivity contribution in [2.24, 2.45) is 5.84 Å². The minimum atomic E-state index is 0.758. The zero-order valence-corrected chi connectivity index (χ0v) is 6.88. The molecule has 0 saturated carbocycles. The lowest BCUT2D eigenvalue weighted by molar-refractivity contribution is 0.268. The lowest BCUT2D eigenvalue weighted by Crippen LogP contribution is -2.36. The van der Waals surface area contributed by atoms with Crippen molar-refractivity contribution in [1.29, 1.82) is 0 Å². The molecular formula is C7H17N3. The fraction of sp³-hybridized carbons (Fsp3) is 0.714. The first-order valence-corrected chi connectivity index (χ1v) is 3.42. The van der Waals surface area contributed by atoms with Crippen molar-refractivity contribution < 1.29 is 0 Å². The molecule has 60 valence electrons. The Morgan fingerprint density at radius 3 is 2.40 bits per heavy atom. The summed E-state index contributed by atoms with van der Waals surface area (Å²) in [7, 11) is 4.06. The molecular weight excluding hydrogens is 126 g/mol. The molecule has 0 heterocycles. The van der Waals surface area contributed by atoms with Crippen molar-refractivity contribution in [1.82, 2.24) is 9.91 Å². The fourth-order valence-electron chi connectivity index (χ4n) is 0.586. The Kier molecular flexibility index (Phi) is 5.20. The largest absolute Gasteiger partial charge is 0.308 e. The van der Waals surface area contributed by atoms with E-state index < -0.39 is 0 Å². The van der Waals surface area contributed by atoms with Crippen LogP contribution < -0.4 is 5.84 Å². The van der Waals surface area contributed by atoms with E-state index >= 15 is 0 Å². The molecule has 0 aliphatic heterocycles. The van der Waals surface area contributed by atoms with Crippen molar-refractivity contribution in [3.8, 4) is 0 Å². The second kappa shape index (κ2) is 5.41. The fourth-order valence-corrected chi connectivity index (χ4v) is 0.586. The number of rotatable bonds is 5. The standard InChI is InChI=1S/C7H17N3/c1-4-5-10(8)7-6-9(2)3/h4H,1,5-8H2,2-3H3. The molecule has 3 heteroatoms. The van der Waals surface area contributed by atoms with E-state index in [1.54, 1.807) is 11.1 Å². The topological polar surface area (TPSA) is 32.5 Å². The van der Waals surface area contributed by atoms with Gasteiger partial charge in [-0.05, 0) is 14.1 Å². The summed E-state index contributed by atoms with van der Waals surface area (Å²) in [6.45, 7) is 6.23. The van der Waals surface area contributed by atoms with Gasteiger partial charge >= 0.3 is 0 Å². The number of hydrogen-bond acceptors (Lipinski definition) is 3. The molecule has 2 N–H and O–H groups in total.